The third kappa shape index (κ3) is 0.836. The van der Waals surface area contributed by atoms with Crippen LogP contribution < -0.4 is 0 Å². The second-order valence-corrected chi connectivity index (χ2v) is 2.31. The number of benzene rings is 1. The molecule has 1 aromatic rings. The van der Waals surface area contributed by atoms with Crippen LogP contribution in [0.4, 0.5) is 0 Å². The minimum Gasteiger partial charge on any atom is -0.372 e. The van der Waals surface area contributed by atoms with Gasteiger partial charge in [-0.2, -0.15) is 0 Å². The van der Waals surface area contributed by atoms with Crippen molar-refractivity contribution in [3.63, 3.8) is 0 Å². The lowest BCUT2D eigenvalue weighted by Gasteiger charge is -2.11. The van der Waals surface area contributed by atoms with Crippen LogP contribution in [0.2, 0.25) is 0 Å². The van der Waals surface area contributed by atoms with E-state index in [0.29, 0.717) is 0 Å². The molecule has 1 heteroatoms. The number of hydrogen-bond acceptors (Lipinski definition) is 1. The number of hydrogen-bond donors (Lipinski definition) is 0. The van der Waals surface area contributed by atoms with Gasteiger partial charge in [0.2, 0.25) is 0 Å². The van der Waals surface area contributed by atoms with Gasteiger partial charge in [0, 0.05) is 0 Å². The van der Waals surface area contributed by atoms with Gasteiger partial charge in [0.1, 0.15) is 0 Å². The van der Waals surface area contributed by atoms with Crippen LogP contribution in [0.3, 0.4) is 0 Å². The predicted octanol–water partition coefficient (Wildman–Crippen LogP) is 1.72. The average Bonchev–Trinajstić information content (AvgIpc) is 1.88. The van der Waals surface area contributed by atoms with Crippen LogP contribution in [-0.4, -0.2) is 0 Å². The first kappa shape index (κ1) is 5.00. The smallest absolute Gasteiger partial charge is 0.0721 e. The Hall–Kier alpha value is -0.820. The first-order valence-corrected chi connectivity index (χ1v) is 3.11. The number of fused-ring (bicyclic) bond motifs is 2. The first-order chi connectivity index (χ1) is 4.45. The summed E-state index contributed by atoms with van der Waals surface area (Å²) < 4.78 is 5.25. The van der Waals surface area contributed by atoms with Crippen molar-refractivity contribution >= 4 is 0 Å². The molecular formula is C8H8O. The summed E-state index contributed by atoms with van der Waals surface area (Å²) in [5, 5.41) is 0. The van der Waals surface area contributed by atoms with Crippen molar-refractivity contribution in [3.05, 3.63) is 35.4 Å². The Morgan fingerprint density at radius 1 is 1.11 bits per heavy atom. The van der Waals surface area contributed by atoms with Gasteiger partial charge in [-0.25, -0.2) is 0 Å². The highest BCUT2D eigenvalue weighted by atomic mass is 16.5. The molecule has 1 aliphatic heterocycles. The van der Waals surface area contributed by atoms with Crippen molar-refractivity contribution in [2.45, 2.75) is 13.2 Å². The normalized spacial score (nSPS) is 15.6. The molecule has 0 saturated carbocycles. The van der Waals surface area contributed by atoms with Crippen LogP contribution in [-0.2, 0) is 18.0 Å². The summed E-state index contributed by atoms with van der Waals surface area (Å²) in [6.07, 6.45) is 0. The Labute approximate surface area is 54.3 Å². The lowest BCUT2D eigenvalue weighted by Crippen LogP contribution is -2.00. The standard InChI is InChI=1S/C8H8O/c1-2-7-4-8(3-1)6-9-5-7/h1-4H,5-6H2. The molecule has 46 valence electrons. The molecule has 0 unspecified atom stereocenters. The van der Waals surface area contributed by atoms with Crippen LogP contribution in [0.5, 0.6) is 0 Å². The maximum atomic E-state index is 5.25. The Kier molecular flexibility index (Phi) is 1.03. The molecule has 9 heavy (non-hydrogen) atoms. The van der Waals surface area contributed by atoms with Crippen molar-refractivity contribution < 1.29 is 4.74 Å². The molecule has 0 saturated heterocycles. The largest absolute Gasteiger partial charge is 0.372 e. The highest BCUT2D eigenvalue weighted by molar-refractivity contribution is 5.23. The summed E-state index contributed by atoms with van der Waals surface area (Å²) in [5.74, 6) is 0. The number of rotatable bonds is 0. The van der Waals surface area contributed by atoms with Gasteiger partial charge in [0.05, 0.1) is 13.2 Å². The summed E-state index contributed by atoms with van der Waals surface area (Å²) in [5.41, 5.74) is 2.58. The molecule has 0 amide bonds. The van der Waals surface area contributed by atoms with Crippen molar-refractivity contribution in [3.8, 4) is 0 Å². The minimum atomic E-state index is 0.786. The molecule has 0 atom stereocenters. The zero-order chi connectivity index (χ0) is 6.10. The van der Waals surface area contributed by atoms with E-state index in [9.17, 15) is 0 Å². The summed E-state index contributed by atoms with van der Waals surface area (Å²) in [4.78, 5) is 0. The van der Waals surface area contributed by atoms with E-state index in [4.69, 9.17) is 4.74 Å². The monoisotopic (exact) mass is 120 g/mol. The Bertz CT molecular complexity index is 198. The van der Waals surface area contributed by atoms with Gasteiger partial charge in [0.15, 0.2) is 0 Å². The van der Waals surface area contributed by atoms with E-state index in [1.165, 1.54) is 11.1 Å². The first-order valence-electron chi connectivity index (χ1n) is 3.11. The summed E-state index contributed by atoms with van der Waals surface area (Å²) in [6, 6.07) is 8.43. The van der Waals surface area contributed by atoms with Gasteiger partial charge >= 0.3 is 0 Å². The second-order valence-electron chi connectivity index (χ2n) is 2.31. The molecule has 1 aromatic carbocycles. The van der Waals surface area contributed by atoms with Gasteiger partial charge in [-0.05, 0) is 11.1 Å². The van der Waals surface area contributed by atoms with Gasteiger partial charge < -0.3 is 4.74 Å². The van der Waals surface area contributed by atoms with Gasteiger partial charge in [0.25, 0.3) is 0 Å². The summed E-state index contributed by atoms with van der Waals surface area (Å²) in [6.45, 7) is 1.57. The van der Waals surface area contributed by atoms with Crippen molar-refractivity contribution in [2.24, 2.45) is 0 Å². The average molecular weight is 120 g/mol. The highest BCUT2D eigenvalue weighted by Crippen LogP contribution is 2.13. The molecule has 2 rings (SSSR count). The molecular weight excluding hydrogens is 112 g/mol. The molecule has 0 spiro atoms. The molecule has 0 N–H and O–H groups in total. The fraction of sp³-hybridized carbons (Fsp3) is 0.250. The van der Waals surface area contributed by atoms with Crippen LogP contribution in [0, 0.1) is 0 Å². The number of ether oxygens (including phenoxy) is 1. The Morgan fingerprint density at radius 3 is 2.33 bits per heavy atom. The van der Waals surface area contributed by atoms with E-state index in [-0.39, 0.29) is 0 Å². The predicted molar refractivity (Wildman–Crippen MR) is 34.9 cm³/mol. The molecule has 0 aromatic heterocycles. The fourth-order valence-electron chi connectivity index (χ4n) is 1.10. The minimum absolute atomic E-state index is 0.786. The SMILES string of the molecule is c1cc2cc(c1)COC2. The lowest BCUT2D eigenvalue weighted by atomic mass is 10.1. The third-order valence-corrected chi connectivity index (χ3v) is 1.53. The molecule has 1 nitrogen and oxygen atoms in total. The molecule has 0 radical (unpaired) electrons. The van der Waals surface area contributed by atoms with E-state index in [1.807, 2.05) is 0 Å². The van der Waals surface area contributed by atoms with Crippen molar-refractivity contribution in [1.29, 1.82) is 0 Å². The van der Waals surface area contributed by atoms with E-state index < -0.39 is 0 Å². The quantitative estimate of drug-likeness (QED) is 0.506. The van der Waals surface area contributed by atoms with E-state index >= 15 is 0 Å². The van der Waals surface area contributed by atoms with Gasteiger partial charge in [-0.3, -0.25) is 0 Å². The highest BCUT2D eigenvalue weighted by Gasteiger charge is 2.01. The molecule has 2 bridgehead atoms. The topological polar surface area (TPSA) is 9.23 Å². The zero-order valence-corrected chi connectivity index (χ0v) is 5.13. The Balaban J connectivity index is 2.53. The molecule has 0 fully saturated rings. The van der Waals surface area contributed by atoms with Gasteiger partial charge in [-0.1, -0.05) is 24.3 Å². The van der Waals surface area contributed by atoms with E-state index in [2.05, 4.69) is 24.3 Å². The van der Waals surface area contributed by atoms with Crippen molar-refractivity contribution in [1.82, 2.24) is 0 Å². The van der Waals surface area contributed by atoms with E-state index in [0.717, 1.165) is 13.2 Å². The van der Waals surface area contributed by atoms with Crippen LogP contribution in [0.15, 0.2) is 24.3 Å². The lowest BCUT2D eigenvalue weighted by molar-refractivity contribution is 0.0993. The van der Waals surface area contributed by atoms with Gasteiger partial charge in [-0.15, -0.1) is 0 Å². The molecule has 0 aliphatic carbocycles. The fourth-order valence-corrected chi connectivity index (χ4v) is 1.10. The maximum Gasteiger partial charge on any atom is 0.0721 e. The summed E-state index contributed by atoms with van der Waals surface area (Å²) in [7, 11) is 0. The second kappa shape index (κ2) is 1.85. The van der Waals surface area contributed by atoms with Crippen LogP contribution in [0.25, 0.3) is 0 Å². The molecule has 1 aliphatic rings. The third-order valence-electron chi connectivity index (χ3n) is 1.53. The summed E-state index contributed by atoms with van der Waals surface area (Å²) >= 11 is 0. The van der Waals surface area contributed by atoms with Crippen molar-refractivity contribution in [2.75, 3.05) is 0 Å². The van der Waals surface area contributed by atoms with Crippen LogP contribution >= 0.6 is 0 Å². The zero-order valence-electron chi connectivity index (χ0n) is 5.13. The van der Waals surface area contributed by atoms with Crippen LogP contribution in [0.1, 0.15) is 11.1 Å². The Morgan fingerprint density at radius 2 is 1.78 bits per heavy atom. The maximum absolute atomic E-state index is 5.25. The van der Waals surface area contributed by atoms with E-state index in [1.54, 1.807) is 0 Å². The molecule has 1 heterocycles.